The molecule has 3 unspecified atom stereocenters. The van der Waals surface area contributed by atoms with Gasteiger partial charge in [-0.3, -0.25) is 9.59 Å². The van der Waals surface area contributed by atoms with E-state index in [1.165, 1.54) is 0 Å². The summed E-state index contributed by atoms with van der Waals surface area (Å²) in [5.41, 5.74) is -1.80. The Balaban J connectivity index is 3.62. The van der Waals surface area contributed by atoms with E-state index in [-0.39, 0.29) is 6.42 Å². The van der Waals surface area contributed by atoms with Crippen molar-refractivity contribution in [3.63, 3.8) is 0 Å². The molecule has 1 aliphatic rings. The number of aliphatic hydroxyl groups is 3. The molecule has 0 radical (unpaired) electrons. The van der Waals surface area contributed by atoms with E-state index in [0.29, 0.717) is 6.42 Å². The molecular weight excluding hydrogens is 594 g/mol. The molecule has 0 saturated carbocycles. The molecule has 7 atom stereocenters. The number of nitrogens with one attached hydrogen (secondary N) is 3. The zero-order valence-electron chi connectivity index (χ0n) is 28.3. The minimum absolute atomic E-state index is 0.0699. The number of alkyl carbamates (subject to hydrolysis) is 2. The van der Waals surface area contributed by atoms with Gasteiger partial charge in [0.1, 0.15) is 35.5 Å². The number of Topliss-reactive ketones (excluding diaryl/α,β-unsaturated/α-hetero) is 1. The molecule has 3 amide bonds. The Hall–Kier alpha value is -3.01. The molecule has 0 aromatic carbocycles. The highest BCUT2D eigenvalue weighted by atomic mass is 16.7. The number of esters is 1. The highest BCUT2D eigenvalue weighted by Crippen LogP contribution is 2.33. The third-order valence-corrected chi connectivity index (χ3v) is 6.59. The van der Waals surface area contributed by atoms with Gasteiger partial charge in [-0.15, -0.1) is 0 Å². The average Bonchev–Trinajstić information content (AvgIpc) is 2.87. The van der Waals surface area contributed by atoms with Crippen LogP contribution >= 0.6 is 0 Å². The molecule has 0 aliphatic carbocycles. The Kier molecular flexibility index (Phi) is 14.2. The predicted molar refractivity (Wildman–Crippen MR) is 161 cm³/mol. The lowest BCUT2D eigenvalue weighted by Crippen LogP contribution is -2.75. The number of ketones is 1. The van der Waals surface area contributed by atoms with Crippen LogP contribution in [0.4, 0.5) is 9.59 Å². The van der Waals surface area contributed by atoms with Crippen LogP contribution in [-0.4, -0.2) is 105 Å². The van der Waals surface area contributed by atoms with Crippen LogP contribution in [0.1, 0.15) is 89.0 Å². The number of amides is 3. The lowest BCUT2D eigenvalue weighted by atomic mass is 9.83. The number of carbonyl (C=O) groups excluding carboxylic acids is 5. The maximum Gasteiger partial charge on any atom is 0.408 e. The largest absolute Gasteiger partial charge is 0.456 e. The first kappa shape index (κ1) is 40.0. The molecule has 0 spiro atoms. The van der Waals surface area contributed by atoms with E-state index in [2.05, 4.69) is 16.0 Å². The molecule has 1 heterocycles. The van der Waals surface area contributed by atoms with Crippen LogP contribution in [0.15, 0.2) is 0 Å². The topological polar surface area (TPSA) is 219 Å². The normalized spacial score (nSPS) is 25.2. The molecule has 0 aromatic heterocycles. The van der Waals surface area contributed by atoms with Crippen molar-refractivity contribution < 1.29 is 58.2 Å². The molecule has 15 nitrogen and oxygen atoms in total. The zero-order valence-corrected chi connectivity index (χ0v) is 28.3. The predicted octanol–water partition coefficient (Wildman–Crippen LogP) is 1.29. The van der Waals surface area contributed by atoms with Gasteiger partial charge >= 0.3 is 18.2 Å². The molecule has 1 fully saturated rings. The van der Waals surface area contributed by atoms with Crippen molar-refractivity contribution in [2.45, 2.75) is 142 Å². The summed E-state index contributed by atoms with van der Waals surface area (Å²) in [5.74, 6) is -7.18. The van der Waals surface area contributed by atoms with E-state index in [1.807, 2.05) is 0 Å². The Morgan fingerprint density at radius 3 is 1.73 bits per heavy atom. The highest BCUT2D eigenvalue weighted by Gasteiger charge is 2.61. The maximum absolute atomic E-state index is 14.1. The van der Waals surface area contributed by atoms with Crippen molar-refractivity contribution in [2.75, 3.05) is 6.61 Å². The number of hydrogen-bond donors (Lipinski definition) is 6. The van der Waals surface area contributed by atoms with Gasteiger partial charge in [0.25, 0.3) is 5.79 Å². The van der Waals surface area contributed by atoms with Crippen LogP contribution in [0.5, 0.6) is 0 Å². The SMILES string of the molecule is CCCC(=O)N[C@@H]1[C@@H](OC(=O)C(NC(=O)OC(C)(C)C)C(C)C)[C@H](O)[C@@H](CO)OC1(O)C(=O)C(NC(=O)OC(C)(C)C)C(C)C. The highest BCUT2D eigenvalue weighted by molar-refractivity contribution is 5.95. The van der Waals surface area contributed by atoms with Gasteiger partial charge in [-0.05, 0) is 59.8 Å². The van der Waals surface area contributed by atoms with E-state index >= 15 is 0 Å². The lowest BCUT2D eigenvalue weighted by Gasteiger charge is -2.49. The number of ether oxygens (including phenoxy) is 4. The zero-order chi connectivity index (χ0) is 35.1. The molecular formula is C30H53N3O12. The molecule has 15 heteroatoms. The summed E-state index contributed by atoms with van der Waals surface area (Å²) < 4.78 is 21.7. The van der Waals surface area contributed by atoms with Crippen molar-refractivity contribution in [1.29, 1.82) is 0 Å². The van der Waals surface area contributed by atoms with Gasteiger partial charge in [0.05, 0.1) is 12.6 Å². The Morgan fingerprint density at radius 2 is 1.33 bits per heavy atom. The van der Waals surface area contributed by atoms with E-state index in [1.54, 1.807) is 76.2 Å². The van der Waals surface area contributed by atoms with Gasteiger partial charge in [-0.25, -0.2) is 14.4 Å². The van der Waals surface area contributed by atoms with Crippen LogP contribution in [0.25, 0.3) is 0 Å². The smallest absolute Gasteiger partial charge is 0.408 e. The van der Waals surface area contributed by atoms with Crippen LogP contribution < -0.4 is 16.0 Å². The Morgan fingerprint density at radius 1 is 0.867 bits per heavy atom. The van der Waals surface area contributed by atoms with Gasteiger partial charge in [-0.2, -0.15) is 0 Å². The van der Waals surface area contributed by atoms with Gasteiger partial charge in [0.2, 0.25) is 11.7 Å². The van der Waals surface area contributed by atoms with Crippen molar-refractivity contribution in [3.05, 3.63) is 0 Å². The number of hydrogen-bond acceptors (Lipinski definition) is 12. The summed E-state index contributed by atoms with van der Waals surface area (Å²) in [6, 6.07) is -4.70. The number of rotatable bonds is 12. The summed E-state index contributed by atoms with van der Waals surface area (Å²) in [6.07, 6.45) is -7.01. The molecule has 45 heavy (non-hydrogen) atoms. The van der Waals surface area contributed by atoms with Crippen LogP contribution in [0.2, 0.25) is 0 Å². The first-order valence-corrected chi connectivity index (χ1v) is 15.2. The van der Waals surface area contributed by atoms with E-state index in [0.717, 1.165) is 0 Å². The summed E-state index contributed by atoms with van der Waals surface area (Å²) in [4.78, 5) is 65.5. The second-order valence-corrected chi connectivity index (χ2v) is 13.8. The fraction of sp³-hybridized carbons (Fsp3) is 0.833. The summed E-state index contributed by atoms with van der Waals surface area (Å²) in [6.45, 7) is 16.9. The van der Waals surface area contributed by atoms with Crippen molar-refractivity contribution in [1.82, 2.24) is 16.0 Å². The fourth-order valence-corrected chi connectivity index (χ4v) is 4.48. The van der Waals surface area contributed by atoms with E-state index in [9.17, 15) is 39.3 Å². The lowest BCUT2D eigenvalue weighted by molar-refractivity contribution is -0.304. The first-order chi connectivity index (χ1) is 20.5. The van der Waals surface area contributed by atoms with Gasteiger partial charge in [0.15, 0.2) is 6.10 Å². The quantitative estimate of drug-likeness (QED) is 0.130. The monoisotopic (exact) mass is 647 g/mol. The molecule has 1 saturated heterocycles. The Bertz CT molecular complexity index is 1050. The van der Waals surface area contributed by atoms with Crippen molar-refractivity contribution >= 4 is 29.8 Å². The van der Waals surface area contributed by atoms with Crippen molar-refractivity contribution in [2.24, 2.45) is 11.8 Å². The van der Waals surface area contributed by atoms with Crippen LogP contribution in [0, 0.1) is 11.8 Å². The number of aliphatic hydroxyl groups excluding tert-OH is 2. The van der Waals surface area contributed by atoms with Crippen molar-refractivity contribution in [3.8, 4) is 0 Å². The summed E-state index contributed by atoms with van der Waals surface area (Å²) in [5, 5.41) is 40.4. The second-order valence-electron chi connectivity index (χ2n) is 13.8. The third kappa shape index (κ3) is 11.7. The Labute approximate surface area is 265 Å². The maximum atomic E-state index is 14.1. The fourth-order valence-electron chi connectivity index (χ4n) is 4.48. The second kappa shape index (κ2) is 16.0. The standard InChI is InChI=1S/C30H53N3O12/c1-12-13-18(35)31-23-22(42-25(38)20(16(4)5)33-27(40)45-29(9,10)11)21(36)17(14-34)43-30(23,41)24(37)19(15(2)3)32-26(39)44-28(6,7)8/h15-17,19-23,34,36,41H,12-14H2,1-11H3,(H,31,35)(H,32,39)(H,33,40)/t17-,19?,20?,21-,22+,23-,30?/m1/s1. The minimum Gasteiger partial charge on any atom is -0.456 e. The van der Waals surface area contributed by atoms with Gasteiger partial charge in [-0.1, -0.05) is 34.6 Å². The van der Waals surface area contributed by atoms with Gasteiger partial charge in [0, 0.05) is 6.42 Å². The molecule has 6 N–H and O–H groups in total. The molecule has 0 aromatic rings. The molecule has 1 rings (SSSR count). The molecule has 260 valence electrons. The van der Waals surface area contributed by atoms with E-state index < -0.39 is 102 Å². The average molecular weight is 648 g/mol. The number of carbonyl (C=O) groups is 5. The molecule has 0 bridgehead atoms. The van der Waals surface area contributed by atoms with Crippen LogP contribution in [0.3, 0.4) is 0 Å². The van der Waals surface area contributed by atoms with Crippen LogP contribution in [-0.2, 0) is 33.3 Å². The first-order valence-electron chi connectivity index (χ1n) is 15.2. The minimum atomic E-state index is -3.03. The van der Waals surface area contributed by atoms with Gasteiger partial charge < -0.3 is 50.2 Å². The van der Waals surface area contributed by atoms with E-state index in [4.69, 9.17) is 18.9 Å². The summed E-state index contributed by atoms with van der Waals surface area (Å²) >= 11 is 0. The third-order valence-electron chi connectivity index (χ3n) is 6.59. The summed E-state index contributed by atoms with van der Waals surface area (Å²) in [7, 11) is 0. The molecule has 1 aliphatic heterocycles.